The van der Waals surface area contributed by atoms with Crippen LogP contribution in [0.15, 0.2) is 53.0 Å². The molecule has 2 aromatic carbocycles. The Kier molecular flexibility index (Phi) is 4.61. The summed E-state index contributed by atoms with van der Waals surface area (Å²) in [5.74, 6) is 0.819. The molecule has 2 rings (SSSR count). The number of ether oxygens (including phenoxy) is 1. The first-order valence-electron chi connectivity index (χ1n) is 5.66. The summed E-state index contributed by atoms with van der Waals surface area (Å²) in [6.07, 6.45) is 0. The molecule has 3 nitrogen and oxygen atoms in total. The Morgan fingerprint density at radius 2 is 1.94 bits per heavy atom. The van der Waals surface area contributed by atoms with E-state index >= 15 is 0 Å². The second-order valence-electron chi connectivity index (χ2n) is 3.81. The zero-order valence-electron chi connectivity index (χ0n) is 10.1. The molecule has 0 saturated heterocycles. The summed E-state index contributed by atoms with van der Waals surface area (Å²) in [4.78, 5) is 0. The van der Waals surface area contributed by atoms with Gasteiger partial charge in [-0.1, -0.05) is 40.2 Å². The fourth-order valence-corrected chi connectivity index (χ4v) is 2.08. The van der Waals surface area contributed by atoms with Crippen molar-refractivity contribution in [3.05, 3.63) is 58.6 Å². The molecule has 0 spiro atoms. The zero-order valence-corrected chi connectivity index (χ0v) is 11.7. The maximum absolute atomic E-state index is 5.26. The molecule has 0 saturated carbocycles. The van der Waals surface area contributed by atoms with E-state index in [0.29, 0.717) is 0 Å². The molecule has 94 valence electrons. The van der Waals surface area contributed by atoms with Crippen molar-refractivity contribution in [2.75, 3.05) is 12.5 Å². The van der Waals surface area contributed by atoms with E-state index in [9.17, 15) is 0 Å². The predicted octanol–water partition coefficient (Wildman–Crippen LogP) is 3.57. The summed E-state index contributed by atoms with van der Waals surface area (Å²) >= 11 is 3.45. The monoisotopic (exact) mass is 306 g/mol. The number of halogens is 1. The number of anilines is 1. The molecule has 0 heterocycles. The van der Waals surface area contributed by atoms with Crippen molar-refractivity contribution < 1.29 is 4.74 Å². The predicted molar refractivity (Wildman–Crippen MR) is 77.6 cm³/mol. The summed E-state index contributed by atoms with van der Waals surface area (Å²) in [5.41, 5.74) is 8.44. The molecule has 0 amide bonds. The second-order valence-corrected chi connectivity index (χ2v) is 4.72. The molecule has 0 fully saturated rings. The lowest BCUT2D eigenvalue weighted by atomic mass is 10.2. The third-order valence-electron chi connectivity index (χ3n) is 2.51. The van der Waals surface area contributed by atoms with Gasteiger partial charge in [0.15, 0.2) is 0 Å². The van der Waals surface area contributed by atoms with Crippen LogP contribution < -0.4 is 15.6 Å². The number of hydrazine groups is 1. The summed E-state index contributed by atoms with van der Waals surface area (Å²) in [6, 6.07) is 16.0. The van der Waals surface area contributed by atoms with Crippen LogP contribution in [0.25, 0.3) is 0 Å². The Balaban J connectivity index is 1.92. The minimum Gasteiger partial charge on any atom is -0.495 e. The quantitative estimate of drug-likeness (QED) is 0.829. The van der Waals surface area contributed by atoms with Crippen molar-refractivity contribution >= 4 is 21.6 Å². The molecule has 2 aromatic rings. The Bertz CT molecular complexity index is 517. The molecule has 0 atom stereocenters. The van der Waals surface area contributed by atoms with Crippen molar-refractivity contribution in [3.63, 3.8) is 0 Å². The van der Waals surface area contributed by atoms with Crippen LogP contribution in [0.3, 0.4) is 0 Å². The Morgan fingerprint density at radius 3 is 2.72 bits per heavy atom. The first kappa shape index (κ1) is 12.9. The summed E-state index contributed by atoms with van der Waals surface area (Å²) < 4.78 is 6.34. The van der Waals surface area contributed by atoms with Crippen LogP contribution >= 0.6 is 15.9 Å². The van der Waals surface area contributed by atoms with Crippen LogP contribution in [0.5, 0.6) is 5.75 Å². The van der Waals surface area contributed by atoms with E-state index in [2.05, 4.69) is 38.9 Å². The number of hydrogen-bond donors (Lipinski definition) is 2. The van der Waals surface area contributed by atoms with Gasteiger partial charge in [-0.25, -0.2) is 5.43 Å². The van der Waals surface area contributed by atoms with Gasteiger partial charge in [0.2, 0.25) is 0 Å². The SMILES string of the molecule is COc1ccccc1NNCc1cccc(Br)c1. The van der Waals surface area contributed by atoms with Crippen molar-refractivity contribution in [2.24, 2.45) is 0 Å². The molecule has 0 unspecified atom stereocenters. The Labute approximate surface area is 115 Å². The minimum atomic E-state index is 0.734. The maximum Gasteiger partial charge on any atom is 0.143 e. The number of hydrogen-bond acceptors (Lipinski definition) is 3. The van der Waals surface area contributed by atoms with E-state index < -0.39 is 0 Å². The highest BCUT2D eigenvalue weighted by molar-refractivity contribution is 9.10. The molecule has 4 heteroatoms. The highest BCUT2D eigenvalue weighted by atomic mass is 79.9. The molecule has 0 aliphatic heterocycles. The normalized spacial score (nSPS) is 10.1. The van der Waals surface area contributed by atoms with Crippen molar-refractivity contribution in [2.45, 2.75) is 6.54 Å². The van der Waals surface area contributed by atoms with E-state index in [-0.39, 0.29) is 0 Å². The van der Waals surface area contributed by atoms with Gasteiger partial charge in [-0.15, -0.1) is 0 Å². The topological polar surface area (TPSA) is 33.3 Å². The second kappa shape index (κ2) is 6.42. The number of nitrogens with one attached hydrogen (secondary N) is 2. The molecule has 0 aliphatic carbocycles. The molecular weight excluding hydrogens is 292 g/mol. The van der Waals surface area contributed by atoms with Gasteiger partial charge in [0, 0.05) is 11.0 Å². The lowest BCUT2D eigenvalue weighted by Gasteiger charge is -2.12. The number of benzene rings is 2. The third-order valence-corrected chi connectivity index (χ3v) is 3.00. The van der Waals surface area contributed by atoms with Crippen LogP contribution in [-0.4, -0.2) is 7.11 Å². The van der Waals surface area contributed by atoms with Crippen molar-refractivity contribution in [1.29, 1.82) is 0 Å². The van der Waals surface area contributed by atoms with E-state index in [1.165, 1.54) is 5.56 Å². The molecule has 18 heavy (non-hydrogen) atoms. The zero-order chi connectivity index (χ0) is 12.8. The first-order chi connectivity index (χ1) is 8.79. The van der Waals surface area contributed by atoms with Crippen LogP contribution in [-0.2, 0) is 6.54 Å². The lowest BCUT2D eigenvalue weighted by Crippen LogP contribution is -2.21. The highest BCUT2D eigenvalue weighted by Gasteiger charge is 1.99. The van der Waals surface area contributed by atoms with Crippen LogP contribution in [0, 0.1) is 0 Å². The Hall–Kier alpha value is -1.52. The lowest BCUT2D eigenvalue weighted by molar-refractivity contribution is 0.416. The maximum atomic E-state index is 5.26. The van der Waals surface area contributed by atoms with E-state index in [0.717, 1.165) is 22.5 Å². The van der Waals surface area contributed by atoms with Gasteiger partial charge in [-0.3, -0.25) is 0 Å². The van der Waals surface area contributed by atoms with E-state index in [1.807, 2.05) is 36.4 Å². The third kappa shape index (κ3) is 3.48. The van der Waals surface area contributed by atoms with Crippen molar-refractivity contribution in [3.8, 4) is 5.75 Å². The van der Waals surface area contributed by atoms with E-state index in [1.54, 1.807) is 7.11 Å². The van der Waals surface area contributed by atoms with Crippen LogP contribution in [0.4, 0.5) is 5.69 Å². The fraction of sp³-hybridized carbons (Fsp3) is 0.143. The van der Waals surface area contributed by atoms with Crippen molar-refractivity contribution in [1.82, 2.24) is 5.43 Å². The minimum absolute atomic E-state index is 0.734. The first-order valence-corrected chi connectivity index (χ1v) is 6.45. The summed E-state index contributed by atoms with van der Waals surface area (Å²) in [7, 11) is 1.66. The van der Waals surface area contributed by atoms with Crippen LogP contribution in [0.2, 0.25) is 0 Å². The average Bonchev–Trinajstić information content (AvgIpc) is 2.39. The smallest absolute Gasteiger partial charge is 0.143 e. The van der Waals surface area contributed by atoms with Gasteiger partial charge < -0.3 is 10.2 Å². The molecule has 0 radical (unpaired) electrons. The van der Waals surface area contributed by atoms with Crippen LogP contribution in [0.1, 0.15) is 5.56 Å². The van der Waals surface area contributed by atoms with Gasteiger partial charge in [-0.05, 0) is 29.8 Å². The summed E-state index contributed by atoms with van der Waals surface area (Å²) in [5, 5.41) is 0. The van der Waals surface area contributed by atoms with Gasteiger partial charge in [0.05, 0.1) is 12.8 Å². The number of methoxy groups -OCH3 is 1. The highest BCUT2D eigenvalue weighted by Crippen LogP contribution is 2.22. The molecule has 0 aliphatic rings. The molecule has 2 N–H and O–H groups in total. The number of rotatable bonds is 5. The molecule has 0 aromatic heterocycles. The van der Waals surface area contributed by atoms with E-state index in [4.69, 9.17) is 4.74 Å². The average molecular weight is 307 g/mol. The fourth-order valence-electron chi connectivity index (χ4n) is 1.64. The molecule has 0 bridgehead atoms. The number of para-hydroxylation sites is 2. The standard InChI is InChI=1S/C14H15BrN2O/c1-18-14-8-3-2-7-13(14)17-16-10-11-5-4-6-12(15)9-11/h2-9,16-17H,10H2,1H3. The Morgan fingerprint density at radius 1 is 1.11 bits per heavy atom. The van der Waals surface area contributed by atoms with Gasteiger partial charge in [-0.2, -0.15) is 0 Å². The van der Waals surface area contributed by atoms with Gasteiger partial charge in [0.25, 0.3) is 0 Å². The van der Waals surface area contributed by atoms with Gasteiger partial charge in [0.1, 0.15) is 5.75 Å². The largest absolute Gasteiger partial charge is 0.495 e. The molecular formula is C14H15BrN2O. The summed E-state index contributed by atoms with van der Waals surface area (Å²) in [6.45, 7) is 0.734. The van der Waals surface area contributed by atoms with Gasteiger partial charge >= 0.3 is 0 Å².